The van der Waals surface area contributed by atoms with E-state index in [2.05, 4.69) is 5.10 Å². The Balaban J connectivity index is 2.13. The van der Waals surface area contributed by atoms with E-state index in [1.54, 1.807) is 18.2 Å². The summed E-state index contributed by atoms with van der Waals surface area (Å²) >= 11 is 12.2. The number of carbonyl (C=O) groups is 1. The van der Waals surface area contributed by atoms with Gasteiger partial charge in [-0.2, -0.15) is 9.49 Å². The maximum Gasteiger partial charge on any atom is 0.365 e. The predicted octanol–water partition coefficient (Wildman–Crippen LogP) is 3.68. The van der Waals surface area contributed by atoms with Crippen molar-refractivity contribution in [2.45, 2.75) is 19.8 Å². The molecule has 0 radical (unpaired) electrons. The molecule has 0 amide bonds. The predicted molar refractivity (Wildman–Crippen MR) is 93.8 cm³/mol. The lowest BCUT2D eigenvalue weighted by atomic mass is 9.97. The van der Waals surface area contributed by atoms with Crippen molar-refractivity contribution in [2.75, 3.05) is 13.7 Å². The van der Waals surface area contributed by atoms with E-state index >= 15 is 0 Å². The Morgan fingerprint density at radius 2 is 2.19 bits per heavy atom. The summed E-state index contributed by atoms with van der Waals surface area (Å²) in [6, 6.07) is 5.05. The number of hydrogen-bond donors (Lipinski definition) is 1. The maximum atomic E-state index is 14.2. The standard InChI is InChI=1S/C17H15Cl2FN2O4/c1-25-8-22-14-7-26-6-11(16(20)17(23)24)15(14)13(21-22)4-9-2-3-10(18)5-12(9)19/h2-3,5H,4,6-8H2,1H3,(H,23,24)/b16-11-. The van der Waals surface area contributed by atoms with Crippen LogP contribution in [-0.2, 0) is 34.0 Å². The van der Waals surface area contributed by atoms with Gasteiger partial charge in [0.05, 0.1) is 24.6 Å². The van der Waals surface area contributed by atoms with Crippen LogP contribution in [0.3, 0.4) is 0 Å². The zero-order chi connectivity index (χ0) is 18.8. The van der Waals surface area contributed by atoms with Crippen LogP contribution < -0.4 is 0 Å². The van der Waals surface area contributed by atoms with Crippen LogP contribution in [0.2, 0.25) is 10.0 Å². The van der Waals surface area contributed by atoms with E-state index in [0.717, 1.165) is 5.56 Å². The van der Waals surface area contributed by atoms with Crippen LogP contribution in [0.1, 0.15) is 22.5 Å². The zero-order valence-electron chi connectivity index (χ0n) is 13.8. The van der Waals surface area contributed by atoms with Gasteiger partial charge < -0.3 is 14.6 Å². The molecule has 0 atom stereocenters. The van der Waals surface area contributed by atoms with Gasteiger partial charge in [-0.25, -0.2) is 9.48 Å². The minimum atomic E-state index is -1.65. The number of rotatable bonds is 5. The number of aromatic nitrogens is 2. The first kappa shape index (κ1) is 18.8. The van der Waals surface area contributed by atoms with Crippen molar-refractivity contribution in [1.82, 2.24) is 9.78 Å². The molecule has 2 heterocycles. The van der Waals surface area contributed by atoms with E-state index in [0.29, 0.717) is 27.0 Å². The molecule has 0 fully saturated rings. The van der Waals surface area contributed by atoms with Crippen molar-refractivity contribution in [1.29, 1.82) is 0 Å². The van der Waals surface area contributed by atoms with E-state index in [1.165, 1.54) is 11.8 Å². The van der Waals surface area contributed by atoms with Gasteiger partial charge in [-0.1, -0.05) is 29.3 Å². The molecule has 9 heteroatoms. The SMILES string of the molecule is COCn1nc(Cc2ccc(Cl)cc2Cl)c2c1COC/C2=C(/F)C(=O)O. The molecule has 0 bridgehead atoms. The third-order valence-corrected chi connectivity index (χ3v) is 4.58. The van der Waals surface area contributed by atoms with Gasteiger partial charge in [0.1, 0.15) is 6.73 Å². The number of fused-ring (bicyclic) bond motifs is 1. The number of hydrogen-bond acceptors (Lipinski definition) is 4. The first-order valence-electron chi connectivity index (χ1n) is 7.63. The van der Waals surface area contributed by atoms with Crippen molar-refractivity contribution in [2.24, 2.45) is 0 Å². The number of aliphatic carboxylic acids is 1. The number of ether oxygens (including phenoxy) is 2. The molecule has 1 aromatic heterocycles. The van der Waals surface area contributed by atoms with Crippen LogP contribution in [0.15, 0.2) is 24.0 Å². The second-order valence-corrected chi connectivity index (χ2v) is 6.53. The Hall–Kier alpha value is -1.93. The molecule has 0 aliphatic carbocycles. The number of halogens is 3. The summed E-state index contributed by atoms with van der Waals surface area (Å²) in [6.45, 7) is 0.156. The van der Waals surface area contributed by atoms with E-state index in [9.17, 15) is 9.18 Å². The summed E-state index contributed by atoms with van der Waals surface area (Å²) in [5.74, 6) is -2.90. The van der Waals surface area contributed by atoms with Crippen LogP contribution in [0, 0.1) is 0 Å². The fourth-order valence-corrected chi connectivity index (χ4v) is 3.34. The van der Waals surface area contributed by atoms with Gasteiger partial charge in [-0.15, -0.1) is 0 Å². The van der Waals surface area contributed by atoms with E-state index in [1.807, 2.05) is 0 Å². The lowest BCUT2D eigenvalue weighted by Gasteiger charge is -2.18. The van der Waals surface area contributed by atoms with Crippen LogP contribution in [0.4, 0.5) is 4.39 Å². The summed E-state index contributed by atoms with van der Waals surface area (Å²) in [5.41, 5.74) is 2.18. The minimum absolute atomic E-state index is 0.0406. The first-order chi connectivity index (χ1) is 12.4. The van der Waals surface area contributed by atoms with E-state index in [4.69, 9.17) is 37.8 Å². The van der Waals surface area contributed by atoms with Crippen molar-refractivity contribution >= 4 is 34.7 Å². The van der Waals surface area contributed by atoms with Crippen molar-refractivity contribution in [3.8, 4) is 0 Å². The Kier molecular flexibility index (Phi) is 5.62. The smallest absolute Gasteiger partial charge is 0.365 e. The zero-order valence-corrected chi connectivity index (χ0v) is 15.3. The quantitative estimate of drug-likeness (QED) is 0.774. The topological polar surface area (TPSA) is 73.6 Å². The Labute approximate surface area is 158 Å². The molecule has 6 nitrogen and oxygen atoms in total. The number of nitrogens with zero attached hydrogens (tertiary/aromatic N) is 2. The van der Waals surface area contributed by atoms with Crippen molar-refractivity contribution in [3.63, 3.8) is 0 Å². The summed E-state index contributed by atoms with van der Waals surface area (Å²) < 4.78 is 26.2. The fourth-order valence-electron chi connectivity index (χ4n) is 2.87. The first-order valence-corrected chi connectivity index (χ1v) is 8.39. The van der Waals surface area contributed by atoms with Crippen LogP contribution in [0.25, 0.3) is 5.57 Å². The molecular weight excluding hydrogens is 386 g/mol. The second kappa shape index (κ2) is 7.75. The average molecular weight is 401 g/mol. The lowest BCUT2D eigenvalue weighted by molar-refractivity contribution is -0.134. The second-order valence-electron chi connectivity index (χ2n) is 5.69. The monoisotopic (exact) mass is 400 g/mol. The molecule has 1 aliphatic rings. The Morgan fingerprint density at radius 1 is 1.42 bits per heavy atom. The Bertz CT molecular complexity index is 895. The lowest BCUT2D eigenvalue weighted by Crippen LogP contribution is -2.16. The summed E-state index contributed by atoms with van der Waals surface area (Å²) in [5, 5.41) is 14.5. The van der Waals surface area contributed by atoms with Gasteiger partial charge in [0.15, 0.2) is 0 Å². The van der Waals surface area contributed by atoms with Crippen LogP contribution in [-0.4, -0.2) is 34.6 Å². The van der Waals surface area contributed by atoms with Crippen LogP contribution >= 0.6 is 23.2 Å². The third kappa shape index (κ3) is 3.61. The van der Waals surface area contributed by atoms with Gasteiger partial charge in [-0.05, 0) is 17.7 Å². The van der Waals surface area contributed by atoms with Gasteiger partial charge >= 0.3 is 5.97 Å². The third-order valence-electron chi connectivity index (χ3n) is 3.99. The van der Waals surface area contributed by atoms with E-state index < -0.39 is 11.8 Å². The van der Waals surface area contributed by atoms with E-state index in [-0.39, 0.29) is 31.9 Å². The molecular formula is C17H15Cl2FN2O4. The largest absolute Gasteiger partial charge is 0.476 e. The minimum Gasteiger partial charge on any atom is -0.476 e. The van der Waals surface area contributed by atoms with Crippen LogP contribution in [0.5, 0.6) is 0 Å². The van der Waals surface area contributed by atoms with Gasteiger partial charge in [0.25, 0.3) is 0 Å². The van der Waals surface area contributed by atoms with Gasteiger partial charge in [0, 0.05) is 34.7 Å². The molecule has 0 spiro atoms. The highest BCUT2D eigenvalue weighted by molar-refractivity contribution is 6.35. The highest BCUT2D eigenvalue weighted by Gasteiger charge is 2.29. The molecule has 26 heavy (non-hydrogen) atoms. The Morgan fingerprint density at radius 3 is 2.85 bits per heavy atom. The summed E-state index contributed by atoms with van der Waals surface area (Å²) in [7, 11) is 1.50. The van der Waals surface area contributed by atoms with Crippen molar-refractivity contribution in [3.05, 3.63) is 56.6 Å². The molecule has 0 saturated heterocycles. The number of carboxylic acid groups (broad SMARTS) is 1. The molecule has 1 N–H and O–H groups in total. The molecule has 1 aliphatic heterocycles. The number of benzene rings is 1. The summed E-state index contributed by atoms with van der Waals surface area (Å²) in [4.78, 5) is 11.1. The molecule has 0 saturated carbocycles. The molecule has 2 aromatic rings. The number of carboxylic acids is 1. The average Bonchev–Trinajstić information content (AvgIpc) is 2.95. The fraction of sp³-hybridized carbons (Fsp3) is 0.294. The summed E-state index contributed by atoms with van der Waals surface area (Å²) in [6.07, 6.45) is 0.283. The highest BCUT2D eigenvalue weighted by Crippen LogP contribution is 2.34. The molecule has 0 unspecified atom stereocenters. The maximum absolute atomic E-state index is 14.2. The van der Waals surface area contributed by atoms with Gasteiger partial charge in [-0.3, -0.25) is 0 Å². The molecule has 1 aromatic carbocycles. The highest BCUT2D eigenvalue weighted by atomic mass is 35.5. The normalized spacial score (nSPS) is 15.7. The molecule has 3 rings (SSSR count). The van der Waals surface area contributed by atoms with Gasteiger partial charge in [0.2, 0.25) is 5.83 Å². The van der Waals surface area contributed by atoms with Crippen molar-refractivity contribution < 1.29 is 23.8 Å². The number of methoxy groups -OCH3 is 1. The molecule has 138 valence electrons.